The minimum atomic E-state index is -0.270. The minimum absolute atomic E-state index is 0.270. The largest absolute Gasteiger partial charge is 0.366 e. The van der Waals surface area contributed by atoms with Gasteiger partial charge in [0.15, 0.2) is 5.69 Å². The number of nitrogens with one attached hydrogen (secondary N) is 2. The lowest BCUT2D eigenvalue weighted by Crippen LogP contribution is -2.39. The Bertz CT molecular complexity index is 893. The highest BCUT2D eigenvalue weighted by molar-refractivity contribution is 6.02. The molecule has 0 spiro atoms. The summed E-state index contributed by atoms with van der Waals surface area (Å²) in [6.45, 7) is 1.89. The fourth-order valence-corrected chi connectivity index (χ4v) is 3.25. The maximum atomic E-state index is 12.2. The Morgan fingerprint density at radius 3 is 2.39 bits per heavy atom. The van der Waals surface area contributed by atoms with Gasteiger partial charge in [-0.15, -0.1) is 10.2 Å². The first-order valence-corrected chi connectivity index (χ1v) is 9.40. The van der Waals surface area contributed by atoms with E-state index in [4.69, 9.17) is 0 Å². The van der Waals surface area contributed by atoms with Crippen LogP contribution in [0.2, 0.25) is 0 Å². The van der Waals surface area contributed by atoms with E-state index in [2.05, 4.69) is 30.7 Å². The summed E-state index contributed by atoms with van der Waals surface area (Å²) in [6, 6.07) is 19.1. The third-order valence-electron chi connectivity index (χ3n) is 4.75. The number of benzene rings is 1. The van der Waals surface area contributed by atoms with Gasteiger partial charge in [0.25, 0.3) is 5.91 Å². The molecule has 0 bridgehead atoms. The normalized spacial score (nSPS) is 14.5. The van der Waals surface area contributed by atoms with Crippen LogP contribution in [0.25, 0.3) is 0 Å². The van der Waals surface area contributed by atoms with Crippen LogP contribution in [0.3, 0.4) is 0 Å². The van der Waals surface area contributed by atoms with E-state index in [1.54, 1.807) is 12.1 Å². The number of piperidine rings is 1. The summed E-state index contributed by atoms with van der Waals surface area (Å²) in [5.41, 5.74) is 1.02. The number of rotatable bonds is 5. The molecule has 0 aliphatic carbocycles. The van der Waals surface area contributed by atoms with Crippen LogP contribution in [-0.2, 0) is 0 Å². The third kappa shape index (κ3) is 4.43. The second-order valence-electron chi connectivity index (χ2n) is 6.72. The van der Waals surface area contributed by atoms with Crippen LogP contribution in [0.15, 0.2) is 66.9 Å². The number of amides is 1. The summed E-state index contributed by atoms with van der Waals surface area (Å²) in [5, 5.41) is 14.4. The molecule has 142 valence electrons. The van der Waals surface area contributed by atoms with Crippen LogP contribution in [0.4, 0.5) is 17.3 Å². The molecule has 1 amide bonds. The van der Waals surface area contributed by atoms with Crippen molar-refractivity contribution in [3.63, 3.8) is 0 Å². The van der Waals surface area contributed by atoms with Crippen molar-refractivity contribution in [3.05, 3.63) is 72.6 Å². The zero-order valence-corrected chi connectivity index (χ0v) is 15.5. The molecule has 1 aliphatic rings. The summed E-state index contributed by atoms with van der Waals surface area (Å²) in [4.78, 5) is 18.9. The molecule has 4 rings (SSSR count). The maximum Gasteiger partial charge on any atom is 0.276 e. The smallest absolute Gasteiger partial charge is 0.276 e. The highest BCUT2D eigenvalue weighted by Crippen LogP contribution is 2.19. The Morgan fingerprint density at radius 2 is 1.71 bits per heavy atom. The van der Waals surface area contributed by atoms with Crippen molar-refractivity contribution in [1.29, 1.82) is 0 Å². The Balaban J connectivity index is 1.30. The summed E-state index contributed by atoms with van der Waals surface area (Å²) >= 11 is 0. The first-order chi connectivity index (χ1) is 13.8. The maximum absolute atomic E-state index is 12.2. The van der Waals surface area contributed by atoms with Crippen molar-refractivity contribution in [2.45, 2.75) is 18.9 Å². The fraction of sp³-hybridized carbons (Fsp3) is 0.238. The molecule has 1 fully saturated rings. The lowest BCUT2D eigenvalue weighted by Gasteiger charge is -2.33. The Hall–Kier alpha value is -3.48. The fourth-order valence-electron chi connectivity index (χ4n) is 3.25. The van der Waals surface area contributed by atoms with E-state index < -0.39 is 0 Å². The van der Waals surface area contributed by atoms with Gasteiger partial charge in [0.05, 0.1) is 0 Å². The number of aromatic nitrogens is 3. The number of carbonyl (C=O) groups is 1. The Kier molecular flexibility index (Phi) is 5.42. The molecule has 2 N–H and O–H groups in total. The van der Waals surface area contributed by atoms with Crippen molar-refractivity contribution >= 4 is 23.2 Å². The van der Waals surface area contributed by atoms with Crippen molar-refractivity contribution < 1.29 is 4.79 Å². The van der Waals surface area contributed by atoms with Crippen LogP contribution in [0.5, 0.6) is 0 Å². The molecule has 7 heteroatoms. The number of nitrogens with zero attached hydrogens (tertiary/aromatic N) is 4. The van der Waals surface area contributed by atoms with Gasteiger partial charge in [-0.1, -0.05) is 24.3 Å². The first-order valence-electron chi connectivity index (χ1n) is 9.40. The van der Waals surface area contributed by atoms with E-state index in [9.17, 15) is 4.79 Å². The summed E-state index contributed by atoms with van der Waals surface area (Å²) < 4.78 is 0. The molecular weight excluding hydrogens is 352 g/mol. The first kappa shape index (κ1) is 17.9. The quantitative estimate of drug-likeness (QED) is 0.714. The minimum Gasteiger partial charge on any atom is -0.366 e. The second-order valence-corrected chi connectivity index (χ2v) is 6.72. The number of hydrogen-bond donors (Lipinski definition) is 2. The predicted molar refractivity (Wildman–Crippen MR) is 110 cm³/mol. The van der Waals surface area contributed by atoms with Gasteiger partial charge < -0.3 is 15.5 Å². The highest BCUT2D eigenvalue weighted by Gasteiger charge is 2.20. The van der Waals surface area contributed by atoms with E-state index in [-0.39, 0.29) is 5.91 Å². The van der Waals surface area contributed by atoms with E-state index in [1.165, 1.54) is 0 Å². The summed E-state index contributed by atoms with van der Waals surface area (Å²) in [7, 11) is 0. The summed E-state index contributed by atoms with van der Waals surface area (Å²) in [6.07, 6.45) is 3.81. The lowest BCUT2D eigenvalue weighted by atomic mass is 10.1. The second kappa shape index (κ2) is 8.47. The molecule has 2 aromatic heterocycles. The van der Waals surface area contributed by atoms with E-state index in [0.29, 0.717) is 17.6 Å². The van der Waals surface area contributed by atoms with Crippen molar-refractivity contribution in [2.75, 3.05) is 28.6 Å². The van der Waals surface area contributed by atoms with Crippen LogP contribution in [0.1, 0.15) is 23.3 Å². The predicted octanol–water partition coefficient (Wildman–Crippen LogP) is 3.20. The molecule has 1 aromatic carbocycles. The van der Waals surface area contributed by atoms with E-state index >= 15 is 0 Å². The average molecular weight is 374 g/mol. The van der Waals surface area contributed by atoms with Gasteiger partial charge in [0.2, 0.25) is 0 Å². The monoisotopic (exact) mass is 374 g/mol. The zero-order chi connectivity index (χ0) is 19.2. The Labute approximate surface area is 163 Å². The van der Waals surface area contributed by atoms with Crippen LogP contribution >= 0.6 is 0 Å². The number of anilines is 3. The molecule has 0 saturated carbocycles. The molecule has 1 aliphatic heterocycles. The van der Waals surface area contributed by atoms with Gasteiger partial charge >= 0.3 is 0 Å². The van der Waals surface area contributed by atoms with Gasteiger partial charge in [-0.05, 0) is 49.2 Å². The van der Waals surface area contributed by atoms with E-state index in [1.807, 2.05) is 54.7 Å². The van der Waals surface area contributed by atoms with Crippen molar-refractivity contribution in [2.24, 2.45) is 0 Å². The molecule has 0 atom stereocenters. The molecule has 28 heavy (non-hydrogen) atoms. The number of pyridine rings is 1. The van der Waals surface area contributed by atoms with Crippen molar-refractivity contribution in [3.8, 4) is 0 Å². The molecule has 7 nitrogen and oxygen atoms in total. The summed E-state index contributed by atoms with van der Waals surface area (Å²) in [5.74, 6) is 1.44. The molecule has 0 radical (unpaired) electrons. The van der Waals surface area contributed by atoms with Gasteiger partial charge in [0, 0.05) is 31.0 Å². The molecule has 0 unspecified atom stereocenters. The van der Waals surface area contributed by atoms with Crippen molar-refractivity contribution in [1.82, 2.24) is 15.2 Å². The molecular formula is C21H22N6O. The van der Waals surface area contributed by atoms with Crippen LogP contribution < -0.4 is 15.5 Å². The Morgan fingerprint density at radius 1 is 0.929 bits per heavy atom. The molecule has 1 saturated heterocycles. The zero-order valence-electron chi connectivity index (χ0n) is 15.5. The SMILES string of the molecule is O=C(Nc1ccccc1)c1ccc(NC2CCN(c3ccccn3)CC2)nn1. The van der Waals surface area contributed by atoms with Gasteiger partial charge in [-0.2, -0.15) is 0 Å². The lowest BCUT2D eigenvalue weighted by molar-refractivity contribution is 0.102. The number of carbonyl (C=O) groups excluding carboxylic acids is 1. The van der Waals surface area contributed by atoms with E-state index in [0.717, 1.165) is 37.4 Å². The van der Waals surface area contributed by atoms with Gasteiger partial charge in [-0.25, -0.2) is 4.98 Å². The van der Waals surface area contributed by atoms with Gasteiger partial charge in [-0.3, -0.25) is 4.79 Å². The highest BCUT2D eigenvalue weighted by atomic mass is 16.1. The standard InChI is InChI=1S/C21H22N6O/c28-21(24-16-6-2-1-3-7-16)18-9-10-19(26-25-18)23-17-11-14-27(15-12-17)20-8-4-5-13-22-20/h1-10,13,17H,11-12,14-15H2,(H,23,26)(H,24,28). The molecule has 3 aromatic rings. The number of hydrogen-bond acceptors (Lipinski definition) is 6. The topological polar surface area (TPSA) is 83.0 Å². The molecule has 3 heterocycles. The van der Waals surface area contributed by atoms with Crippen LogP contribution in [-0.4, -0.2) is 40.2 Å². The third-order valence-corrected chi connectivity index (χ3v) is 4.75. The van der Waals surface area contributed by atoms with Gasteiger partial charge in [0.1, 0.15) is 11.6 Å². The number of para-hydroxylation sites is 1. The average Bonchev–Trinajstić information content (AvgIpc) is 2.76. The van der Waals surface area contributed by atoms with Crippen LogP contribution in [0, 0.1) is 0 Å².